The number of aryl methyl sites for hydroxylation is 1. The molecule has 3 aromatic rings. The van der Waals surface area contributed by atoms with Gasteiger partial charge in [-0.15, -0.1) is 0 Å². The molecule has 0 spiro atoms. The fourth-order valence-corrected chi connectivity index (χ4v) is 3.46. The topological polar surface area (TPSA) is 82.6 Å². The maximum Gasteiger partial charge on any atom is 0.255 e. The van der Waals surface area contributed by atoms with Crippen LogP contribution in [0, 0.1) is 6.92 Å². The zero-order chi connectivity index (χ0) is 22.5. The Labute approximate surface area is 188 Å². The zero-order valence-corrected chi connectivity index (χ0v) is 18.6. The SMILES string of the molecule is Cc1cc(N2CCOCC2)nc(Nc2ccc(NC(=O)c3cccc(N(C)C)c3)cc2)n1. The lowest BCUT2D eigenvalue weighted by Crippen LogP contribution is -2.36. The highest BCUT2D eigenvalue weighted by atomic mass is 16.5. The predicted octanol–water partition coefficient (Wildman–Crippen LogP) is 3.68. The third-order valence-electron chi connectivity index (χ3n) is 5.20. The average Bonchev–Trinajstić information content (AvgIpc) is 2.80. The van der Waals surface area contributed by atoms with Crippen LogP contribution in [0.15, 0.2) is 54.6 Å². The first-order valence-electron chi connectivity index (χ1n) is 10.6. The minimum absolute atomic E-state index is 0.147. The van der Waals surface area contributed by atoms with E-state index in [9.17, 15) is 4.79 Å². The quantitative estimate of drug-likeness (QED) is 0.615. The highest BCUT2D eigenvalue weighted by Gasteiger charge is 2.14. The van der Waals surface area contributed by atoms with Crippen LogP contribution in [0.4, 0.5) is 28.8 Å². The normalized spacial score (nSPS) is 13.5. The first-order chi connectivity index (χ1) is 15.5. The molecule has 8 nitrogen and oxygen atoms in total. The number of hydrogen-bond donors (Lipinski definition) is 2. The number of carbonyl (C=O) groups is 1. The predicted molar refractivity (Wildman–Crippen MR) is 128 cm³/mol. The van der Waals surface area contributed by atoms with Crippen molar-refractivity contribution in [1.82, 2.24) is 9.97 Å². The fourth-order valence-electron chi connectivity index (χ4n) is 3.46. The van der Waals surface area contributed by atoms with Crippen LogP contribution in [0.3, 0.4) is 0 Å². The molecule has 1 aliphatic heterocycles. The van der Waals surface area contributed by atoms with Gasteiger partial charge in [0.05, 0.1) is 13.2 Å². The van der Waals surface area contributed by atoms with E-state index in [0.29, 0.717) is 24.7 Å². The van der Waals surface area contributed by atoms with Gasteiger partial charge < -0.3 is 25.2 Å². The number of anilines is 5. The molecule has 2 aromatic carbocycles. The molecule has 1 aliphatic rings. The van der Waals surface area contributed by atoms with Crippen molar-refractivity contribution in [3.63, 3.8) is 0 Å². The average molecular weight is 433 g/mol. The number of morpholine rings is 1. The molecular weight excluding hydrogens is 404 g/mol. The van der Waals surface area contributed by atoms with Crippen LogP contribution in [0.2, 0.25) is 0 Å². The summed E-state index contributed by atoms with van der Waals surface area (Å²) in [6, 6.07) is 17.0. The standard InChI is InChI=1S/C24H28N6O2/c1-17-15-22(30-11-13-32-14-12-30)28-24(25-17)27-20-9-7-19(8-10-20)26-23(31)18-5-4-6-21(16-18)29(2)3/h4-10,15-16H,11-14H2,1-3H3,(H,26,31)(H,25,27,28). The molecule has 1 amide bonds. The molecule has 0 bridgehead atoms. The highest BCUT2D eigenvalue weighted by Crippen LogP contribution is 2.21. The van der Waals surface area contributed by atoms with E-state index >= 15 is 0 Å². The van der Waals surface area contributed by atoms with Crippen LogP contribution in [-0.4, -0.2) is 56.3 Å². The minimum atomic E-state index is -0.147. The van der Waals surface area contributed by atoms with Gasteiger partial charge in [-0.1, -0.05) is 6.07 Å². The molecule has 0 atom stereocenters. The molecule has 1 saturated heterocycles. The lowest BCUT2D eigenvalue weighted by atomic mass is 10.1. The third-order valence-corrected chi connectivity index (χ3v) is 5.20. The zero-order valence-electron chi connectivity index (χ0n) is 18.6. The number of amides is 1. The number of carbonyl (C=O) groups excluding carboxylic acids is 1. The van der Waals surface area contributed by atoms with E-state index in [1.54, 1.807) is 6.07 Å². The van der Waals surface area contributed by atoms with Gasteiger partial charge in [0.25, 0.3) is 5.91 Å². The first-order valence-corrected chi connectivity index (χ1v) is 10.6. The maximum absolute atomic E-state index is 12.6. The van der Waals surface area contributed by atoms with Crippen molar-refractivity contribution >= 4 is 34.7 Å². The maximum atomic E-state index is 12.6. The molecule has 0 unspecified atom stereocenters. The molecule has 0 aliphatic carbocycles. The molecule has 0 radical (unpaired) electrons. The number of ether oxygens (including phenoxy) is 1. The van der Waals surface area contributed by atoms with Gasteiger partial charge >= 0.3 is 0 Å². The Morgan fingerprint density at radius 2 is 1.72 bits per heavy atom. The van der Waals surface area contributed by atoms with Gasteiger partial charge in [0.1, 0.15) is 5.82 Å². The first kappa shape index (κ1) is 21.6. The number of benzene rings is 2. The van der Waals surface area contributed by atoms with Crippen molar-refractivity contribution in [2.24, 2.45) is 0 Å². The van der Waals surface area contributed by atoms with Gasteiger partial charge in [-0.25, -0.2) is 4.98 Å². The lowest BCUT2D eigenvalue weighted by molar-refractivity contribution is 0.102. The Bertz CT molecular complexity index is 1080. The second kappa shape index (κ2) is 9.65. The van der Waals surface area contributed by atoms with Gasteiger partial charge in [0.15, 0.2) is 0 Å². The molecule has 1 aromatic heterocycles. The smallest absolute Gasteiger partial charge is 0.255 e. The molecule has 32 heavy (non-hydrogen) atoms. The Morgan fingerprint density at radius 3 is 2.44 bits per heavy atom. The summed E-state index contributed by atoms with van der Waals surface area (Å²) in [7, 11) is 3.90. The molecule has 4 rings (SSSR count). The van der Waals surface area contributed by atoms with Crippen LogP contribution in [0.25, 0.3) is 0 Å². The Morgan fingerprint density at radius 1 is 1.00 bits per heavy atom. The Balaban J connectivity index is 1.42. The van der Waals surface area contributed by atoms with E-state index < -0.39 is 0 Å². The molecule has 2 heterocycles. The Hall–Kier alpha value is -3.65. The van der Waals surface area contributed by atoms with Crippen molar-refractivity contribution in [1.29, 1.82) is 0 Å². The molecule has 8 heteroatoms. The van der Waals surface area contributed by atoms with E-state index in [0.717, 1.165) is 41.7 Å². The summed E-state index contributed by atoms with van der Waals surface area (Å²) < 4.78 is 5.43. The summed E-state index contributed by atoms with van der Waals surface area (Å²) in [5.74, 6) is 1.29. The van der Waals surface area contributed by atoms with Crippen molar-refractivity contribution in [2.45, 2.75) is 6.92 Å². The van der Waals surface area contributed by atoms with Gasteiger partial charge in [0, 0.05) is 61.6 Å². The van der Waals surface area contributed by atoms with Crippen LogP contribution >= 0.6 is 0 Å². The number of nitrogens with zero attached hydrogens (tertiary/aromatic N) is 4. The molecule has 2 N–H and O–H groups in total. The van der Waals surface area contributed by atoms with Gasteiger partial charge in [-0.2, -0.15) is 4.98 Å². The van der Waals surface area contributed by atoms with E-state index in [1.165, 1.54) is 0 Å². The minimum Gasteiger partial charge on any atom is -0.378 e. The molecule has 1 fully saturated rings. The number of rotatable bonds is 6. The van der Waals surface area contributed by atoms with E-state index in [4.69, 9.17) is 4.74 Å². The van der Waals surface area contributed by atoms with Crippen LogP contribution < -0.4 is 20.4 Å². The summed E-state index contributed by atoms with van der Waals surface area (Å²) in [6.45, 7) is 5.01. The molecular formula is C24H28N6O2. The summed E-state index contributed by atoms with van der Waals surface area (Å²) >= 11 is 0. The van der Waals surface area contributed by atoms with E-state index in [1.807, 2.05) is 74.4 Å². The fraction of sp³-hybridized carbons (Fsp3) is 0.292. The van der Waals surface area contributed by atoms with Crippen molar-refractivity contribution in [2.75, 3.05) is 60.8 Å². The highest BCUT2D eigenvalue weighted by molar-refractivity contribution is 6.04. The molecule has 0 saturated carbocycles. The van der Waals surface area contributed by atoms with E-state index in [2.05, 4.69) is 25.5 Å². The van der Waals surface area contributed by atoms with Crippen LogP contribution in [-0.2, 0) is 4.74 Å². The summed E-state index contributed by atoms with van der Waals surface area (Å²) in [5, 5.41) is 6.20. The third kappa shape index (κ3) is 5.33. The van der Waals surface area contributed by atoms with Gasteiger partial charge in [-0.3, -0.25) is 4.79 Å². The number of hydrogen-bond acceptors (Lipinski definition) is 7. The second-order valence-corrected chi connectivity index (χ2v) is 7.89. The Kier molecular flexibility index (Phi) is 6.51. The summed E-state index contributed by atoms with van der Waals surface area (Å²) in [5.41, 5.74) is 4.05. The van der Waals surface area contributed by atoms with Crippen molar-refractivity contribution in [3.05, 3.63) is 65.9 Å². The number of nitrogens with one attached hydrogen (secondary N) is 2. The van der Waals surface area contributed by atoms with Crippen molar-refractivity contribution < 1.29 is 9.53 Å². The summed E-state index contributed by atoms with van der Waals surface area (Å²) in [4.78, 5) is 25.9. The number of aromatic nitrogens is 2. The van der Waals surface area contributed by atoms with Gasteiger partial charge in [0.2, 0.25) is 5.95 Å². The van der Waals surface area contributed by atoms with Crippen molar-refractivity contribution in [3.8, 4) is 0 Å². The van der Waals surface area contributed by atoms with Crippen LogP contribution in [0.5, 0.6) is 0 Å². The van der Waals surface area contributed by atoms with E-state index in [-0.39, 0.29) is 5.91 Å². The second-order valence-electron chi connectivity index (χ2n) is 7.89. The lowest BCUT2D eigenvalue weighted by Gasteiger charge is -2.28. The summed E-state index contributed by atoms with van der Waals surface area (Å²) in [6.07, 6.45) is 0. The van der Waals surface area contributed by atoms with Gasteiger partial charge in [-0.05, 0) is 49.4 Å². The monoisotopic (exact) mass is 432 g/mol. The molecule has 166 valence electrons. The largest absolute Gasteiger partial charge is 0.378 e. The van der Waals surface area contributed by atoms with Crippen LogP contribution in [0.1, 0.15) is 16.1 Å².